The minimum Gasteiger partial charge on any atom is -0.355 e. The fourth-order valence-electron chi connectivity index (χ4n) is 3.24. The summed E-state index contributed by atoms with van der Waals surface area (Å²) in [5.41, 5.74) is -1.37. The third-order valence-corrected chi connectivity index (χ3v) is 5.18. The Bertz CT molecular complexity index is 1310. The van der Waals surface area contributed by atoms with Crippen LogP contribution in [0.25, 0.3) is 28.3 Å². The molecule has 0 atom stereocenters. The van der Waals surface area contributed by atoms with Crippen molar-refractivity contribution in [2.45, 2.75) is 6.18 Å². The molecular weight excluding hydrogens is 468 g/mol. The lowest BCUT2D eigenvalue weighted by atomic mass is 10.0. The molecule has 4 rings (SSSR count). The molecule has 11 heteroatoms. The number of hydrogen-bond acceptors (Lipinski definition) is 4. The van der Waals surface area contributed by atoms with E-state index in [4.69, 9.17) is 27.7 Å². The highest BCUT2D eigenvalue weighted by Crippen LogP contribution is 2.42. The Morgan fingerprint density at radius 1 is 1.09 bits per heavy atom. The molecule has 6 nitrogen and oxygen atoms in total. The average Bonchev–Trinajstić information content (AvgIpc) is 3.38. The van der Waals surface area contributed by atoms with Crippen LogP contribution in [0.4, 0.5) is 13.2 Å². The summed E-state index contributed by atoms with van der Waals surface area (Å²) < 4.78 is 48.4. The maximum atomic E-state index is 14.1. The summed E-state index contributed by atoms with van der Waals surface area (Å²) in [6.45, 7) is 0. The van der Waals surface area contributed by atoms with Crippen molar-refractivity contribution in [3.05, 3.63) is 76.0 Å². The van der Waals surface area contributed by atoms with Gasteiger partial charge in [-0.25, -0.2) is 4.68 Å². The summed E-state index contributed by atoms with van der Waals surface area (Å²) in [7, 11) is 1.34. The van der Waals surface area contributed by atoms with E-state index in [1.165, 1.54) is 31.3 Å². The van der Waals surface area contributed by atoms with Crippen LogP contribution in [0.15, 0.2) is 59.3 Å². The highest BCUT2D eigenvalue weighted by molar-refractivity contribution is 6.33. The molecule has 1 amide bonds. The van der Waals surface area contributed by atoms with Gasteiger partial charge < -0.3 is 9.84 Å². The number of carbonyl (C=O) groups is 1. The summed E-state index contributed by atoms with van der Waals surface area (Å²) in [6.07, 6.45) is -3.88. The molecule has 32 heavy (non-hydrogen) atoms. The van der Waals surface area contributed by atoms with Crippen LogP contribution >= 0.6 is 23.2 Å². The van der Waals surface area contributed by atoms with Gasteiger partial charge in [0.25, 0.3) is 5.91 Å². The van der Waals surface area contributed by atoms with Crippen LogP contribution in [-0.4, -0.2) is 27.9 Å². The fraction of sp³-hybridized carbons (Fsp3) is 0.0952. The monoisotopic (exact) mass is 480 g/mol. The van der Waals surface area contributed by atoms with E-state index in [0.717, 1.165) is 6.20 Å². The standard InChI is InChI=1S/C21H13Cl2F3N4O2/c1-27-20(31)16-17(13-7-2-3-8-15(13)23)29-32-18(16)14-10-28-30(19(14)21(24,25)26)12-6-4-5-11(22)9-12/h2-10H,1H3,(H,27,31). The van der Waals surface area contributed by atoms with Gasteiger partial charge in [-0.3, -0.25) is 4.79 Å². The van der Waals surface area contributed by atoms with Gasteiger partial charge >= 0.3 is 6.18 Å². The fourth-order valence-corrected chi connectivity index (χ4v) is 3.65. The lowest BCUT2D eigenvalue weighted by molar-refractivity contribution is -0.142. The summed E-state index contributed by atoms with van der Waals surface area (Å²) in [5.74, 6) is -1.08. The molecule has 0 aliphatic carbocycles. The summed E-state index contributed by atoms with van der Waals surface area (Å²) in [5, 5.41) is 10.6. The Kier molecular flexibility index (Phi) is 5.70. The van der Waals surface area contributed by atoms with Crippen LogP contribution in [0.2, 0.25) is 10.0 Å². The molecule has 0 radical (unpaired) electrons. The first-order valence-electron chi connectivity index (χ1n) is 9.10. The lowest BCUT2D eigenvalue weighted by Gasteiger charge is -2.12. The second kappa shape index (κ2) is 8.33. The lowest BCUT2D eigenvalue weighted by Crippen LogP contribution is -2.19. The molecule has 2 heterocycles. The molecule has 1 N–H and O–H groups in total. The van der Waals surface area contributed by atoms with Crippen molar-refractivity contribution in [3.8, 4) is 28.3 Å². The molecule has 2 aromatic carbocycles. The summed E-state index contributed by atoms with van der Waals surface area (Å²) in [4.78, 5) is 12.7. The molecule has 0 saturated heterocycles. The maximum absolute atomic E-state index is 14.1. The molecule has 0 unspecified atom stereocenters. The molecule has 4 aromatic rings. The van der Waals surface area contributed by atoms with Crippen LogP contribution in [0.5, 0.6) is 0 Å². The van der Waals surface area contributed by atoms with Gasteiger partial charge in [0.1, 0.15) is 11.3 Å². The number of benzene rings is 2. The highest BCUT2D eigenvalue weighted by Gasteiger charge is 2.41. The summed E-state index contributed by atoms with van der Waals surface area (Å²) in [6, 6.07) is 12.3. The first-order chi connectivity index (χ1) is 15.2. The van der Waals surface area contributed by atoms with Gasteiger partial charge in [0.15, 0.2) is 11.5 Å². The van der Waals surface area contributed by atoms with Crippen molar-refractivity contribution in [2.75, 3.05) is 7.05 Å². The molecule has 164 valence electrons. The molecule has 0 fully saturated rings. The van der Waals surface area contributed by atoms with E-state index in [2.05, 4.69) is 15.6 Å². The topological polar surface area (TPSA) is 73.0 Å². The van der Waals surface area contributed by atoms with E-state index in [0.29, 0.717) is 10.2 Å². The Balaban J connectivity index is 1.99. The Labute approximate surface area is 189 Å². The number of nitrogens with zero attached hydrogens (tertiary/aromatic N) is 3. The number of amides is 1. The maximum Gasteiger partial charge on any atom is 0.434 e. The number of aromatic nitrogens is 3. The first kappa shape index (κ1) is 21.9. The van der Waals surface area contributed by atoms with Gasteiger partial charge in [0.05, 0.1) is 22.5 Å². The van der Waals surface area contributed by atoms with Gasteiger partial charge in [0, 0.05) is 17.6 Å². The van der Waals surface area contributed by atoms with Crippen LogP contribution in [0, 0.1) is 0 Å². The van der Waals surface area contributed by atoms with Crippen LogP contribution in [0.1, 0.15) is 16.1 Å². The largest absolute Gasteiger partial charge is 0.434 e. The first-order valence-corrected chi connectivity index (χ1v) is 9.86. The van der Waals surface area contributed by atoms with Crippen LogP contribution in [0.3, 0.4) is 0 Å². The third kappa shape index (κ3) is 3.85. The Morgan fingerprint density at radius 2 is 1.84 bits per heavy atom. The smallest absolute Gasteiger partial charge is 0.355 e. The van der Waals surface area contributed by atoms with Crippen molar-refractivity contribution in [3.63, 3.8) is 0 Å². The SMILES string of the molecule is CNC(=O)c1c(-c2ccccc2Cl)noc1-c1cnn(-c2cccc(Cl)c2)c1C(F)(F)F. The molecular formula is C21H13Cl2F3N4O2. The predicted octanol–water partition coefficient (Wildman–Crippen LogP) is 5.88. The number of hydrogen-bond donors (Lipinski definition) is 1. The van der Waals surface area contributed by atoms with E-state index >= 15 is 0 Å². The zero-order valence-electron chi connectivity index (χ0n) is 16.2. The van der Waals surface area contributed by atoms with Gasteiger partial charge in [-0.05, 0) is 24.3 Å². The molecule has 2 aromatic heterocycles. The molecule has 0 saturated carbocycles. The predicted molar refractivity (Wildman–Crippen MR) is 113 cm³/mol. The van der Waals surface area contributed by atoms with E-state index in [1.54, 1.807) is 24.3 Å². The van der Waals surface area contributed by atoms with Crippen molar-refractivity contribution in [1.82, 2.24) is 20.3 Å². The second-order valence-corrected chi connectivity index (χ2v) is 7.43. The minimum absolute atomic E-state index is 0.00794. The average molecular weight is 481 g/mol. The molecule has 0 bridgehead atoms. The number of alkyl halides is 3. The van der Waals surface area contributed by atoms with E-state index in [1.807, 2.05) is 0 Å². The number of halogens is 5. The van der Waals surface area contributed by atoms with Crippen LogP contribution < -0.4 is 5.32 Å². The van der Waals surface area contributed by atoms with E-state index in [-0.39, 0.29) is 32.8 Å². The quantitative estimate of drug-likeness (QED) is 0.395. The molecule has 0 aliphatic rings. The van der Waals surface area contributed by atoms with Crippen molar-refractivity contribution >= 4 is 29.1 Å². The Hall–Kier alpha value is -3.30. The van der Waals surface area contributed by atoms with Crippen LogP contribution in [-0.2, 0) is 6.18 Å². The number of rotatable bonds is 4. The zero-order chi connectivity index (χ0) is 23.0. The van der Waals surface area contributed by atoms with Gasteiger partial charge in [-0.2, -0.15) is 18.3 Å². The Morgan fingerprint density at radius 3 is 2.50 bits per heavy atom. The summed E-state index contributed by atoms with van der Waals surface area (Å²) >= 11 is 12.2. The second-order valence-electron chi connectivity index (χ2n) is 6.59. The number of carbonyl (C=O) groups excluding carboxylic acids is 1. The molecule has 0 aliphatic heterocycles. The van der Waals surface area contributed by atoms with Crippen molar-refractivity contribution < 1.29 is 22.5 Å². The number of nitrogens with one attached hydrogen (secondary N) is 1. The normalized spacial score (nSPS) is 11.6. The van der Waals surface area contributed by atoms with Gasteiger partial charge in [-0.1, -0.05) is 52.6 Å². The minimum atomic E-state index is -4.84. The van der Waals surface area contributed by atoms with Crippen molar-refractivity contribution in [1.29, 1.82) is 0 Å². The highest BCUT2D eigenvalue weighted by atomic mass is 35.5. The van der Waals surface area contributed by atoms with Gasteiger partial charge in [0.2, 0.25) is 0 Å². The van der Waals surface area contributed by atoms with Crippen molar-refractivity contribution in [2.24, 2.45) is 0 Å². The van der Waals surface area contributed by atoms with Gasteiger partial charge in [-0.15, -0.1) is 0 Å². The van der Waals surface area contributed by atoms with E-state index in [9.17, 15) is 18.0 Å². The zero-order valence-corrected chi connectivity index (χ0v) is 17.8. The molecule has 0 spiro atoms. The van der Waals surface area contributed by atoms with E-state index < -0.39 is 23.3 Å². The third-order valence-electron chi connectivity index (χ3n) is 4.61.